The highest BCUT2D eigenvalue weighted by molar-refractivity contribution is 5.77. The molecule has 0 aliphatic heterocycles. The van der Waals surface area contributed by atoms with Gasteiger partial charge in [-0.05, 0) is 27.7 Å². The first-order chi connectivity index (χ1) is 7.22. The van der Waals surface area contributed by atoms with Gasteiger partial charge in [-0.3, -0.25) is 4.79 Å². The molecular formula is C11H24N2O3. The van der Waals surface area contributed by atoms with Crippen molar-refractivity contribution in [1.82, 2.24) is 10.6 Å². The van der Waals surface area contributed by atoms with Crippen LogP contribution >= 0.6 is 0 Å². The summed E-state index contributed by atoms with van der Waals surface area (Å²) in [5, 5.41) is 23.8. The van der Waals surface area contributed by atoms with Crippen molar-refractivity contribution >= 4 is 5.91 Å². The Morgan fingerprint density at radius 1 is 1.12 bits per heavy atom. The number of hydrogen-bond acceptors (Lipinski definition) is 4. The molecule has 0 aromatic rings. The summed E-state index contributed by atoms with van der Waals surface area (Å²) in [4.78, 5) is 11.5. The lowest BCUT2D eigenvalue weighted by atomic mass is 10.1. The molecule has 5 heteroatoms. The predicted octanol–water partition coefficient (Wildman–Crippen LogP) is -0.376. The first kappa shape index (κ1) is 15.3. The van der Waals surface area contributed by atoms with Crippen LogP contribution in [0.1, 0.15) is 34.1 Å². The van der Waals surface area contributed by atoms with Crippen LogP contribution in [0.2, 0.25) is 0 Å². The Balaban J connectivity index is 3.91. The monoisotopic (exact) mass is 232 g/mol. The second-order valence-corrected chi connectivity index (χ2v) is 5.35. The summed E-state index contributed by atoms with van der Waals surface area (Å²) >= 11 is 0. The standard InChI is InChI=1S/C11H24N2O3/c1-10(2,3)12-6-5-9(16)13-11(4,7-14)8-15/h12,14-15H,5-8H2,1-4H3,(H,13,16). The summed E-state index contributed by atoms with van der Waals surface area (Å²) < 4.78 is 0. The summed E-state index contributed by atoms with van der Waals surface area (Å²) in [5.41, 5.74) is -0.948. The van der Waals surface area contributed by atoms with E-state index in [-0.39, 0.29) is 24.7 Å². The number of hydrogen-bond donors (Lipinski definition) is 4. The Morgan fingerprint density at radius 3 is 2.00 bits per heavy atom. The van der Waals surface area contributed by atoms with Crippen LogP contribution in [0.3, 0.4) is 0 Å². The smallest absolute Gasteiger partial charge is 0.221 e. The highest BCUT2D eigenvalue weighted by Gasteiger charge is 2.24. The van der Waals surface area contributed by atoms with Gasteiger partial charge in [0.15, 0.2) is 0 Å². The second-order valence-electron chi connectivity index (χ2n) is 5.35. The number of rotatable bonds is 6. The third-order valence-electron chi connectivity index (χ3n) is 2.15. The summed E-state index contributed by atoms with van der Waals surface area (Å²) in [5.74, 6) is -0.178. The Kier molecular flexibility index (Phi) is 5.92. The SMILES string of the molecule is CC(C)(C)NCCC(=O)NC(C)(CO)CO. The highest BCUT2D eigenvalue weighted by atomic mass is 16.3. The van der Waals surface area contributed by atoms with E-state index in [2.05, 4.69) is 10.6 Å². The van der Waals surface area contributed by atoms with E-state index in [0.717, 1.165) is 0 Å². The molecule has 5 nitrogen and oxygen atoms in total. The van der Waals surface area contributed by atoms with Crippen molar-refractivity contribution < 1.29 is 15.0 Å². The fourth-order valence-electron chi connectivity index (χ4n) is 1.08. The van der Waals surface area contributed by atoms with Crippen LogP contribution < -0.4 is 10.6 Å². The molecule has 1 amide bonds. The number of carbonyl (C=O) groups is 1. The zero-order chi connectivity index (χ0) is 12.8. The van der Waals surface area contributed by atoms with Crippen LogP contribution in [0.4, 0.5) is 0 Å². The summed E-state index contributed by atoms with van der Waals surface area (Å²) in [7, 11) is 0. The fraction of sp³-hybridized carbons (Fsp3) is 0.909. The zero-order valence-corrected chi connectivity index (χ0v) is 10.6. The second kappa shape index (κ2) is 6.18. The Bertz CT molecular complexity index is 220. The van der Waals surface area contributed by atoms with Crippen LogP contribution in [-0.4, -0.2) is 47.0 Å². The minimum Gasteiger partial charge on any atom is -0.394 e. The van der Waals surface area contributed by atoms with Crippen LogP contribution in [0.5, 0.6) is 0 Å². The maximum absolute atomic E-state index is 11.5. The summed E-state index contributed by atoms with van der Waals surface area (Å²) in [6, 6.07) is 0. The molecule has 0 aliphatic carbocycles. The lowest BCUT2D eigenvalue weighted by molar-refractivity contribution is -0.124. The predicted molar refractivity (Wildman–Crippen MR) is 63.1 cm³/mol. The molecular weight excluding hydrogens is 208 g/mol. The van der Waals surface area contributed by atoms with E-state index >= 15 is 0 Å². The third kappa shape index (κ3) is 6.76. The van der Waals surface area contributed by atoms with E-state index in [1.54, 1.807) is 6.92 Å². The average molecular weight is 232 g/mol. The molecule has 16 heavy (non-hydrogen) atoms. The Morgan fingerprint density at radius 2 is 1.62 bits per heavy atom. The number of amides is 1. The van der Waals surface area contributed by atoms with Crippen molar-refractivity contribution in [2.45, 2.75) is 45.2 Å². The van der Waals surface area contributed by atoms with E-state index in [9.17, 15) is 4.79 Å². The van der Waals surface area contributed by atoms with Gasteiger partial charge in [0.2, 0.25) is 5.91 Å². The number of aliphatic hydroxyl groups is 2. The van der Waals surface area contributed by atoms with Crippen LogP contribution in [0.15, 0.2) is 0 Å². The van der Waals surface area contributed by atoms with Gasteiger partial charge in [0, 0.05) is 18.5 Å². The fourth-order valence-corrected chi connectivity index (χ4v) is 1.08. The Hall–Kier alpha value is -0.650. The van der Waals surface area contributed by atoms with Crippen molar-refractivity contribution in [3.8, 4) is 0 Å². The van der Waals surface area contributed by atoms with Crippen LogP contribution in [-0.2, 0) is 4.79 Å². The molecule has 0 atom stereocenters. The number of carbonyl (C=O) groups excluding carboxylic acids is 1. The molecule has 0 aromatic carbocycles. The normalized spacial score (nSPS) is 12.6. The molecule has 0 saturated heterocycles. The molecule has 0 unspecified atom stereocenters. The van der Waals surface area contributed by atoms with Gasteiger partial charge in [0.25, 0.3) is 0 Å². The molecule has 96 valence electrons. The zero-order valence-electron chi connectivity index (χ0n) is 10.6. The van der Waals surface area contributed by atoms with Crippen molar-refractivity contribution in [3.63, 3.8) is 0 Å². The van der Waals surface area contributed by atoms with Crippen LogP contribution in [0, 0.1) is 0 Å². The minimum atomic E-state index is -0.932. The number of aliphatic hydroxyl groups excluding tert-OH is 2. The molecule has 0 fully saturated rings. The van der Waals surface area contributed by atoms with E-state index in [1.807, 2.05) is 20.8 Å². The lowest BCUT2D eigenvalue weighted by Gasteiger charge is -2.26. The quantitative estimate of drug-likeness (QED) is 0.503. The largest absolute Gasteiger partial charge is 0.394 e. The lowest BCUT2D eigenvalue weighted by Crippen LogP contribution is -2.52. The van der Waals surface area contributed by atoms with Crippen molar-refractivity contribution in [3.05, 3.63) is 0 Å². The van der Waals surface area contributed by atoms with Crippen molar-refractivity contribution in [1.29, 1.82) is 0 Å². The first-order valence-electron chi connectivity index (χ1n) is 5.50. The molecule has 0 saturated carbocycles. The van der Waals surface area contributed by atoms with Gasteiger partial charge in [-0.1, -0.05) is 0 Å². The van der Waals surface area contributed by atoms with Crippen molar-refractivity contribution in [2.24, 2.45) is 0 Å². The number of nitrogens with one attached hydrogen (secondary N) is 2. The van der Waals surface area contributed by atoms with E-state index in [0.29, 0.717) is 13.0 Å². The average Bonchev–Trinajstić information content (AvgIpc) is 2.15. The van der Waals surface area contributed by atoms with Gasteiger partial charge < -0.3 is 20.8 Å². The van der Waals surface area contributed by atoms with E-state index in [1.165, 1.54) is 0 Å². The minimum absolute atomic E-state index is 0.0163. The Labute approximate surface area is 97.2 Å². The van der Waals surface area contributed by atoms with E-state index < -0.39 is 5.54 Å². The van der Waals surface area contributed by atoms with Crippen LogP contribution in [0.25, 0.3) is 0 Å². The topological polar surface area (TPSA) is 81.6 Å². The van der Waals surface area contributed by atoms with Gasteiger partial charge in [-0.15, -0.1) is 0 Å². The van der Waals surface area contributed by atoms with Gasteiger partial charge in [0.1, 0.15) is 0 Å². The third-order valence-corrected chi connectivity index (χ3v) is 2.15. The maximum Gasteiger partial charge on any atom is 0.221 e. The summed E-state index contributed by atoms with van der Waals surface area (Å²) in [6.45, 7) is 7.69. The molecule has 0 aromatic heterocycles. The van der Waals surface area contributed by atoms with Gasteiger partial charge in [-0.25, -0.2) is 0 Å². The molecule has 0 rings (SSSR count). The molecule has 4 N–H and O–H groups in total. The summed E-state index contributed by atoms with van der Waals surface area (Å²) in [6.07, 6.45) is 0.326. The van der Waals surface area contributed by atoms with Gasteiger partial charge in [-0.2, -0.15) is 0 Å². The van der Waals surface area contributed by atoms with Crippen molar-refractivity contribution in [2.75, 3.05) is 19.8 Å². The highest BCUT2D eigenvalue weighted by Crippen LogP contribution is 2.02. The molecule has 0 spiro atoms. The molecule has 0 heterocycles. The van der Waals surface area contributed by atoms with Gasteiger partial charge >= 0.3 is 0 Å². The van der Waals surface area contributed by atoms with E-state index in [4.69, 9.17) is 10.2 Å². The first-order valence-corrected chi connectivity index (χ1v) is 5.50. The molecule has 0 bridgehead atoms. The maximum atomic E-state index is 11.5. The molecule has 0 aliphatic rings. The molecule has 0 radical (unpaired) electrons. The van der Waals surface area contributed by atoms with Gasteiger partial charge in [0.05, 0.1) is 18.8 Å².